The largest absolute Gasteiger partial charge is 0.371 e. The van der Waals surface area contributed by atoms with Crippen LogP contribution in [0, 0.1) is 29.6 Å². The van der Waals surface area contributed by atoms with Gasteiger partial charge in [-0.1, -0.05) is 48.5 Å². The number of carbonyl (C=O) groups excluding carboxylic acids is 1. The Bertz CT molecular complexity index is 692. The first-order valence-corrected chi connectivity index (χ1v) is 13.1. The van der Waals surface area contributed by atoms with Crippen LogP contribution < -0.4 is 0 Å². The van der Waals surface area contributed by atoms with Gasteiger partial charge in [-0.3, -0.25) is 4.79 Å². The van der Waals surface area contributed by atoms with E-state index < -0.39 is 5.79 Å². The average molecular weight is 451 g/mol. The molecule has 0 aromatic heterocycles. The van der Waals surface area contributed by atoms with Crippen molar-refractivity contribution in [1.82, 2.24) is 0 Å². The number of hydrogen-bond acceptors (Lipinski definition) is 5. The summed E-state index contributed by atoms with van der Waals surface area (Å²) in [5.41, 5.74) is -0.103. The van der Waals surface area contributed by atoms with E-state index in [9.17, 15) is 4.79 Å². The first-order chi connectivity index (χ1) is 14.9. The van der Waals surface area contributed by atoms with Gasteiger partial charge in [-0.15, -0.1) is 0 Å². The van der Waals surface area contributed by atoms with Crippen molar-refractivity contribution in [1.29, 1.82) is 0 Å². The first-order valence-electron chi connectivity index (χ1n) is 13.1. The van der Waals surface area contributed by atoms with Crippen LogP contribution in [0.1, 0.15) is 93.9 Å². The normalized spacial score (nSPS) is 48.8. The molecule has 0 bridgehead atoms. The van der Waals surface area contributed by atoms with Crippen LogP contribution in [0.3, 0.4) is 0 Å². The Morgan fingerprint density at radius 3 is 2.09 bits per heavy atom. The molecule has 4 fully saturated rings. The molecule has 5 heteroatoms. The number of ketones is 1. The Hall–Kier alpha value is -0.490. The van der Waals surface area contributed by atoms with Gasteiger partial charge in [0.2, 0.25) is 0 Å². The third-order valence-corrected chi connectivity index (χ3v) is 8.64. The maximum Gasteiger partial charge on any atom is 0.169 e. The Morgan fingerprint density at radius 2 is 1.50 bits per heavy atom. The minimum atomic E-state index is -0.536. The van der Waals surface area contributed by atoms with Crippen LogP contribution in [0.5, 0.6) is 0 Å². The van der Waals surface area contributed by atoms with E-state index in [0.717, 1.165) is 32.1 Å². The lowest BCUT2D eigenvalue weighted by Gasteiger charge is -2.55. The minimum absolute atomic E-state index is 0.00959. The van der Waals surface area contributed by atoms with Crippen molar-refractivity contribution in [3.8, 4) is 0 Å². The molecule has 4 saturated heterocycles. The second kappa shape index (κ2) is 8.94. The van der Waals surface area contributed by atoms with Gasteiger partial charge < -0.3 is 18.9 Å². The van der Waals surface area contributed by atoms with Crippen molar-refractivity contribution in [2.75, 3.05) is 0 Å². The molecule has 4 aliphatic heterocycles. The maximum absolute atomic E-state index is 11.7. The summed E-state index contributed by atoms with van der Waals surface area (Å²) in [6.45, 7) is 17.6. The van der Waals surface area contributed by atoms with Crippen LogP contribution >= 0.6 is 0 Å². The highest BCUT2D eigenvalue weighted by Crippen LogP contribution is 2.53. The van der Waals surface area contributed by atoms with Crippen LogP contribution in [0.2, 0.25) is 0 Å². The van der Waals surface area contributed by atoms with E-state index in [1.165, 1.54) is 0 Å². The quantitative estimate of drug-likeness (QED) is 0.551. The smallest absolute Gasteiger partial charge is 0.169 e. The van der Waals surface area contributed by atoms with Crippen LogP contribution in [0.25, 0.3) is 0 Å². The molecule has 0 saturated carbocycles. The van der Waals surface area contributed by atoms with Crippen molar-refractivity contribution in [3.63, 3.8) is 0 Å². The summed E-state index contributed by atoms with van der Waals surface area (Å²) >= 11 is 0. The van der Waals surface area contributed by atoms with Gasteiger partial charge in [-0.2, -0.15) is 0 Å². The predicted octanol–water partition coefficient (Wildman–Crippen LogP) is 5.54. The fourth-order valence-corrected chi connectivity index (χ4v) is 7.17. The van der Waals surface area contributed by atoms with Crippen LogP contribution in [0.15, 0.2) is 0 Å². The van der Waals surface area contributed by atoms with E-state index in [1.807, 2.05) is 0 Å². The molecule has 32 heavy (non-hydrogen) atoms. The summed E-state index contributed by atoms with van der Waals surface area (Å²) in [5.74, 6) is 1.77. The molecule has 184 valence electrons. The monoisotopic (exact) mass is 450 g/mol. The number of fused-ring (bicyclic) bond motifs is 2. The number of carbonyl (C=O) groups is 1. The molecule has 0 aliphatic carbocycles. The molecule has 4 heterocycles. The fourth-order valence-electron chi connectivity index (χ4n) is 7.17. The molecule has 1 unspecified atom stereocenters. The van der Waals surface area contributed by atoms with Crippen molar-refractivity contribution in [2.45, 2.75) is 136 Å². The van der Waals surface area contributed by atoms with Gasteiger partial charge in [-0.25, -0.2) is 0 Å². The van der Waals surface area contributed by atoms with Crippen molar-refractivity contribution in [3.05, 3.63) is 0 Å². The molecule has 0 N–H and O–H groups in total. The van der Waals surface area contributed by atoms with E-state index in [0.29, 0.717) is 36.0 Å². The lowest BCUT2D eigenvalue weighted by Crippen LogP contribution is -2.61. The standard InChI is InChI=1S/C27H46O5/c1-15(2)11-26(16(3)4)14-23-25(32-26)19(7)13-27(31-23)12-18(6)24-22(30-27)9-17(5)21(29-24)10-20(8)28/h15-19,21-25H,9-14H2,1-8H3/t17-,18+,19+,21?,22+,23+,24+,25+,26+,27-/m1/s1. The highest BCUT2D eigenvalue weighted by molar-refractivity contribution is 5.76. The topological polar surface area (TPSA) is 54.0 Å². The van der Waals surface area contributed by atoms with Crippen molar-refractivity contribution >= 4 is 5.78 Å². The molecule has 10 atom stereocenters. The Kier molecular flexibility index (Phi) is 6.88. The van der Waals surface area contributed by atoms with E-state index in [1.54, 1.807) is 6.92 Å². The molecule has 4 aliphatic rings. The average Bonchev–Trinajstić information content (AvgIpc) is 3.01. The summed E-state index contributed by atoms with van der Waals surface area (Å²) in [7, 11) is 0. The molecular formula is C27H46O5. The van der Waals surface area contributed by atoms with E-state index in [-0.39, 0.29) is 41.9 Å². The van der Waals surface area contributed by atoms with Crippen LogP contribution in [-0.2, 0) is 23.7 Å². The zero-order valence-electron chi connectivity index (χ0n) is 21.6. The zero-order chi connectivity index (χ0) is 23.4. The number of ether oxygens (including phenoxy) is 4. The third kappa shape index (κ3) is 4.56. The highest BCUT2D eigenvalue weighted by atomic mass is 16.7. The van der Waals surface area contributed by atoms with E-state index in [4.69, 9.17) is 18.9 Å². The lowest BCUT2D eigenvalue weighted by molar-refractivity contribution is -0.368. The van der Waals surface area contributed by atoms with Crippen molar-refractivity contribution < 1.29 is 23.7 Å². The fraction of sp³-hybridized carbons (Fsp3) is 0.963. The highest BCUT2D eigenvalue weighted by Gasteiger charge is 2.60. The SMILES string of the molecule is CC(=O)CC1O[C@@H]2[C@H](C[C@H]1C)O[C@@]1(C[C@@H]2C)C[C@H](C)[C@@H]2O[C@](CC(C)C)(C(C)C)C[C@@H]2O1. The summed E-state index contributed by atoms with van der Waals surface area (Å²) in [6.07, 6.45) is 5.53. The van der Waals surface area contributed by atoms with Gasteiger partial charge in [0.05, 0.1) is 36.1 Å². The summed E-state index contributed by atoms with van der Waals surface area (Å²) < 4.78 is 27.0. The summed E-state index contributed by atoms with van der Waals surface area (Å²) in [6, 6.07) is 0. The summed E-state index contributed by atoms with van der Waals surface area (Å²) in [4.78, 5) is 11.7. The predicted molar refractivity (Wildman–Crippen MR) is 124 cm³/mol. The molecule has 0 aromatic carbocycles. The molecule has 5 nitrogen and oxygen atoms in total. The number of rotatable bonds is 5. The third-order valence-electron chi connectivity index (χ3n) is 8.64. The van der Waals surface area contributed by atoms with Crippen LogP contribution in [0.4, 0.5) is 0 Å². The van der Waals surface area contributed by atoms with Crippen molar-refractivity contribution in [2.24, 2.45) is 29.6 Å². The van der Waals surface area contributed by atoms with Gasteiger partial charge >= 0.3 is 0 Å². The number of Topliss-reactive ketones (excluding diaryl/α,β-unsaturated/α-hetero) is 1. The van der Waals surface area contributed by atoms with Crippen LogP contribution in [-0.4, -0.2) is 47.7 Å². The maximum atomic E-state index is 11.7. The Morgan fingerprint density at radius 1 is 0.875 bits per heavy atom. The molecule has 1 spiro atoms. The number of hydrogen-bond donors (Lipinski definition) is 0. The van der Waals surface area contributed by atoms with Gasteiger partial charge in [0, 0.05) is 25.7 Å². The second-order valence-electron chi connectivity index (χ2n) is 12.4. The summed E-state index contributed by atoms with van der Waals surface area (Å²) in [5, 5.41) is 0. The molecule has 0 radical (unpaired) electrons. The Labute approximate surface area is 195 Å². The molecule has 0 amide bonds. The zero-order valence-corrected chi connectivity index (χ0v) is 21.6. The van der Waals surface area contributed by atoms with Gasteiger partial charge in [0.1, 0.15) is 5.78 Å². The minimum Gasteiger partial charge on any atom is -0.371 e. The first kappa shape index (κ1) is 24.6. The van der Waals surface area contributed by atoms with E-state index in [2.05, 4.69) is 48.5 Å². The van der Waals surface area contributed by atoms with Gasteiger partial charge in [0.15, 0.2) is 5.79 Å². The molecule has 0 aromatic rings. The lowest BCUT2D eigenvalue weighted by atomic mass is 9.76. The Balaban J connectivity index is 1.50. The van der Waals surface area contributed by atoms with Gasteiger partial charge in [0.25, 0.3) is 0 Å². The molecule has 4 rings (SSSR count). The molecular weight excluding hydrogens is 404 g/mol. The second-order valence-corrected chi connectivity index (χ2v) is 12.4. The van der Waals surface area contributed by atoms with E-state index >= 15 is 0 Å². The van der Waals surface area contributed by atoms with Gasteiger partial charge in [-0.05, 0) is 49.4 Å².